The highest BCUT2D eigenvalue weighted by Gasteiger charge is 2.28. The van der Waals surface area contributed by atoms with Gasteiger partial charge in [-0.15, -0.1) is 0 Å². The molecule has 2 aromatic carbocycles. The maximum atomic E-state index is 13.6. The van der Waals surface area contributed by atoms with Gasteiger partial charge in [-0.2, -0.15) is 0 Å². The molecule has 6 rings (SSSR count). The zero-order chi connectivity index (χ0) is 30.5. The fraction of sp³-hybridized carbons (Fsp3) is 0.333. The summed E-state index contributed by atoms with van der Waals surface area (Å²) >= 11 is 0. The number of alkyl carbamates (subject to hydrolysis) is 1. The van der Waals surface area contributed by atoms with Crippen molar-refractivity contribution in [2.75, 3.05) is 29.9 Å². The summed E-state index contributed by atoms with van der Waals surface area (Å²) in [6.45, 7) is 2.23. The molecule has 1 fully saturated rings. The van der Waals surface area contributed by atoms with Crippen molar-refractivity contribution in [3.8, 4) is 0 Å². The maximum Gasteiger partial charge on any atom is 0.409 e. The minimum absolute atomic E-state index is 0.118. The van der Waals surface area contributed by atoms with Crippen LogP contribution in [0.5, 0.6) is 0 Å². The molecule has 1 saturated heterocycles. The monoisotopic (exact) mass is 597 g/mol. The van der Waals surface area contributed by atoms with Gasteiger partial charge in [0.1, 0.15) is 5.82 Å². The Hall–Kier alpha value is -4.93. The van der Waals surface area contributed by atoms with Gasteiger partial charge in [0.05, 0.1) is 17.2 Å². The lowest BCUT2D eigenvalue weighted by Gasteiger charge is -2.38. The summed E-state index contributed by atoms with van der Waals surface area (Å²) in [5.74, 6) is 1.12. The fourth-order valence-corrected chi connectivity index (χ4v) is 5.84. The second kappa shape index (κ2) is 13.2. The lowest BCUT2D eigenvalue weighted by atomic mass is 10.0. The summed E-state index contributed by atoms with van der Waals surface area (Å²) in [5.41, 5.74) is 1.67. The second-order valence-corrected chi connectivity index (χ2v) is 11.1. The van der Waals surface area contributed by atoms with Gasteiger partial charge in [0.2, 0.25) is 11.9 Å². The number of halogens is 1. The SMILES string of the molecule is CN(c1nccc(=O)n1COC(=O)NCc1ccccc1)C1CCN(c2nc3c(n2Cc2ccc(F)cc2)=CCCC=3)CC1. The first-order valence-electron chi connectivity index (χ1n) is 15.0. The second-order valence-electron chi connectivity index (χ2n) is 11.1. The molecule has 3 heterocycles. The first-order valence-corrected chi connectivity index (χ1v) is 15.0. The van der Waals surface area contributed by atoms with Gasteiger partial charge in [0, 0.05) is 45.0 Å². The normalized spacial score (nSPS) is 14.7. The number of nitrogens with zero attached hydrogens (tertiary/aromatic N) is 6. The van der Waals surface area contributed by atoms with Gasteiger partial charge in [-0.05, 0) is 48.9 Å². The highest BCUT2D eigenvalue weighted by atomic mass is 19.1. The Balaban J connectivity index is 1.13. The molecule has 0 unspecified atom stereocenters. The fourth-order valence-electron chi connectivity index (χ4n) is 5.84. The molecule has 10 nitrogen and oxygen atoms in total. The van der Waals surface area contributed by atoms with Gasteiger partial charge in [-0.1, -0.05) is 54.6 Å². The third-order valence-electron chi connectivity index (χ3n) is 8.24. The largest absolute Gasteiger partial charge is 0.428 e. The van der Waals surface area contributed by atoms with E-state index in [0.29, 0.717) is 19.0 Å². The topological polar surface area (TPSA) is 97.5 Å². The number of amides is 1. The summed E-state index contributed by atoms with van der Waals surface area (Å²) in [7, 11) is 1.92. The number of carbonyl (C=O) groups excluding carboxylic acids is 1. The number of hydrogen-bond acceptors (Lipinski definition) is 7. The average molecular weight is 598 g/mol. The van der Waals surface area contributed by atoms with Crippen LogP contribution in [0.25, 0.3) is 12.2 Å². The van der Waals surface area contributed by atoms with Crippen molar-refractivity contribution < 1.29 is 13.9 Å². The smallest absolute Gasteiger partial charge is 0.409 e. The zero-order valence-corrected chi connectivity index (χ0v) is 24.7. The van der Waals surface area contributed by atoms with Crippen LogP contribution in [0.15, 0.2) is 71.7 Å². The number of carbonyl (C=O) groups is 1. The molecule has 11 heteroatoms. The minimum atomic E-state index is -0.611. The van der Waals surface area contributed by atoms with E-state index in [2.05, 4.69) is 31.9 Å². The Morgan fingerprint density at radius 2 is 1.75 bits per heavy atom. The minimum Gasteiger partial charge on any atom is -0.428 e. The van der Waals surface area contributed by atoms with Crippen molar-refractivity contribution in [2.24, 2.45) is 0 Å². The average Bonchev–Trinajstić information content (AvgIpc) is 3.42. The van der Waals surface area contributed by atoms with E-state index in [9.17, 15) is 14.0 Å². The highest BCUT2D eigenvalue weighted by molar-refractivity contribution is 5.67. The Morgan fingerprint density at radius 3 is 2.52 bits per heavy atom. The third kappa shape index (κ3) is 6.51. The molecule has 44 heavy (non-hydrogen) atoms. The van der Waals surface area contributed by atoms with E-state index in [1.54, 1.807) is 0 Å². The number of aromatic nitrogens is 4. The number of nitrogens with one attached hydrogen (secondary N) is 1. The van der Waals surface area contributed by atoms with Crippen molar-refractivity contribution in [3.63, 3.8) is 0 Å². The molecule has 1 aliphatic heterocycles. The summed E-state index contributed by atoms with van der Waals surface area (Å²) in [5, 5.41) is 4.83. The summed E-state index contributed by atoms with van der Waals surface area (Å²) in [6.07, 6.45) is 8.88. The molecule has 1 N–H and O–H groups in total. The predicted octanol–water partition coefficient (Wildman–Crippen LogP) is 2.97. The van der Waals surface area contributed by atoms with E-state index < -0.39 is 6.09 Å². The van der Waals surface area contributed by atoms with E-state index in [1.165, 1.54) is 29.0 Å². The summed E-state index contributed by atoms with van der Waals surface area (Å²) in [6, 6.07) is 17.6. The molecule has 0 atom stereocenters. The van der Waals surface area contributed by atoms with Crippen LogP contribution in [0, 0.1) is 5.82 Å². The number of benzene rings is 2. The molecule has 1 aliphatic carbocycles. The Labute approximate surface area is 254 Å². The Morgan fingerprint density at radius 1 is 1.00 bits per heavy atom. The van der Waals surface area contributed by atoms with Crippen LogP contribution in [0.2, 0.25) is 0 Å². The molecule has 0 saturated carbocycles. The standard InChI is InChI=1S/C33H36FN7O3/c1-38(31-35-18-15-30(42)41(31)23-44-33(43)36-21-24-7-3-2-4-8-24)27-16-19-39(20-17-27)32-37-28-9-5-6-10-29(28)40(32)22-25-11-13-26(34)14-12-25/h2-4,7-15,18,27H,5-6,16-17,19-23H2,1H3,(H,36,43). The number of hydrogen-bond donors (Lipinski definition) is 1. The van der Waals surface area contributed by atoms with Gasteiger partial charge >= 0.3 is 6.09 Å². The van der Waals surface area contributed by atoms with Gasteiger partial charge in [0.15, 0.2) is 6.73 Å². The van der Waals surface area contributed by atoms with E-state index >= 15 is 0 Å². The number of ether oxygens (including phenoxy) is 1. The Kier molecular flexibility index (Phi) is 8.71. The van der Waals surface area contributed by atoms with Gasteiger partial charge in [-0.25, -0.2) is 23.7 Å². The zero-order valence-electron chi connectivity index (χ0n) is 24.7. The highest BCUT2D eigenvalue weighted by Crippen LogP contribution is 2.23. The quantitative estimate of drug-likeness (QED) is 0.317. The molecule has 0 spiro atoms. The molecular formula is C33H36FN7O3. The number of fused-ring (bicyclic) bond motifs is 1. The predicted molar refractivity (Wildman–Crippen MR) is 167 cm³/mol. The lowest BCUT2D eigenvalue weighted by Crippen LogP contribution is -2.46. The van der Waals surface area contributed by atoms with Crippen molar-refractivity contribution >= 4 is 30.1 Å². The summed E-state index contributed by atoms with van der Waals surface area (Å²) in [4.78, 5) is 39.0. The number of imidazole rings is 1. The lowest BCUT2D eigenvalue weighted by molar-refractivity contribution is 0.112. The molecular weight excluding hydrogens is 561 g/mol. The summed E-state index contributed by atoms with van der Waals surface area (Å²) < 4.78 is 22.6. The van der Waals surface area contributed by atoms with Crippen molar-refractivity contribution in [1.82, 2.24) is 24.4 Å². The van der Waals surface area contributed by atoms with E-state index in [1.807, 2.05) is 54.4 Å². The van der Waals surface area contributed by atoms with Crippen LogP contribution in [0.4, 0.5) is 21.1 Å². The molecule has 0 radical (unpaired) electrons. The Bertz CT molecular complexity index is 1780. The molecule has 4 aromatic rings. The van der Waals surface area contributed by atoms with E-state index in [4.69, 9.17) is 9.72 Å². The third-order valence-corrected chi connectivity index (χ3v) is 8.24. The molecule has 2 aromatic heterocycles. The van der Waals surface area contributed by atoms with E-state index in [0.717, 1.165) is 66.5 Å². The van der Waals surface area contributed by atoms with Crippen molar-refractivity contribution in [2.45, 2.75) is 51.5 Å². The van der Waals surface area contributed by atoms with Crippen LogP contribution in [-0.4, -0.2) is 51.4 Å². The van der Waals surface area contributed by atoms with Gasteiger partial charge < -0.3 is 24.4 Å². The van der Waals surface area contributed by atoms with Crippen LogP contribution < -0.4 is 31.4 Å². The van der Waals surface area contributed by atoms with Crippen molar-refractivity contribution in [1.29, 1.82) is 0 Å². The van der Waals surface area contributed by atoms with E-state index in [-0.39, 0.29) is 24.1 Å². The van der Waals surface area contributed by atoms with Gasteiger partial charge in [0.25, 0.3) is 5.56 Å². The number of rotatable bonds is 9. The van der Waals surface area contributed by atoms with Crippen molar-refractivity contribution in [3.05, 3.63) is 105 Å². The molecule has 2 aliphatic rings. The maximum absolute atomic E-state index is 13.6. The number of piperidine rings is 1. The van der Waals surface area contributed by atoms with Crippen LogP contribution in [0.3, 0.4) is 0 Å². The van der Waals surface area contributed by atoms with Crippen LogP contribution >= 0.6 is 0 Å². The first-order chi connectivity index (χ1) is 21.5. The molecule has 0 bridgehead atoms. The number of anilines is 2. The molecule has 228 valence electrons. The first kappa shape index (κ1) is 29.2. The van der Waals surface area contributed by atoms with Gasteiger partial charge in [-0.3, -0.25) is 4.79 Å². The molecule has 1 amide bonds. The van der Waals surface area contributed by atoms with Crippen LogP contribution in [0.1, 0.15) is 36.8 Å². The van der Waals surface area contributed by atoms with Crippen LogP contribution in [-0.2, 0) is 24.6 Å².